The second-order valence-electron chi connectivity index (χ2n) is 16.6. The molecule has 4 aliphatic rings. The van der Waals surface area contributed by atoms with E-state index in [0.29, 0.717) is 0 Å². The van der Waals surface area contributed by atoms with E-state index in [9.17, 15) is 54.9 Å². The molecule has 1 aliphatic carbocycles. The molecule has 4 rings (SSSR count). The molecule has 0 radical (unpaired) electrons. The van der Waals surface area contributed by atoms with Crippen LogP contribution in [-0.2, 0) is 47.6 Å². The topological polar surface area (TPSA) is 289 Å². The molecule has 1 saturated carbocycles. The Bertz CT molecular complexity index is 1360. The minimum Gasteiger partial charge on any atom is -0.481 e. The van der Waals surface area contributed by atoms with E-state index in [-0.39, 0.29) is 69.0 Å². The van der Waals surface area contributed by atoms with E-state index in [4.69, 9.17) is 28.4 Å². The van der Waals surface area contributed by atoms with Crippen LogP contribution < -0.4 is 10.6 Å². The van der Waals surface area contributed by atoms with Crippen molar-refractivity contribution in [1.82, 2.24) is 10.6 Å². The summed E-state index contributed by atoms with van der Waals surface area (Å²) in [5.74, 6) is -7.81. The van der Waals surface area contributed by atoms with Gasteiger partial charge in [-0.3, -0.25) is 14.4 Å². The van der Waals surface area contributed by atoms with Crippen LogP contribution in [0.3, 0.4) is 0 Å². The number of nitrogens with one attached hydrogen (secondary N) is 2. The summed E-state index contributed by atoms with van der Waals surface area (Å²) in [6.07, 6.45) is -9.35. The lowest BCUT2D eigenvalue weighted by molar-refractivity contribution is -0.280. The lowest BCUT2D eigenvalue weighted by atomic mass is 9.71. The van der Waals surface area contributed by atoms with Gasteiger partial charge in [0, 0.05) is 37.5 Å². The minimum atomic E-state index is -1.55. The van der Waals surface area contributed by atoms with Gasteiger partial charge in [0.25, 0.3) is 0 Å². The van der Waals surface area contributed by atoms with E-state index in [2.05, 4.69) is 10.6 Å². The van der Waals surface area contributed by atoms with Crippen molar-refractivity contribution in [2.75, 3.05) is 39.6 Å². The molecule has 3 aliphatic heterocycles. The van der Waals surface area contributed by atoms with Crippen LogP contribution in [0.25, 0.3) is 0 Å². The number of carbonyl (C=O) groups excluding carboxylic acids is 2. The summed E-state index contributed by atoms with van der Waals surface area (Å²) in [7, 11) is 0. The molecule has 8 unspecified atom stereocenters. The molecule has 328 valence electrons. The maximum absolute atomic E-state index is 12.6. The Hall–Kier alpha value is -2.56. The predicted molar refractivity (Wildman–Crippen MR) is 196 cm³/mol. The third-order valence-corrected chi connectivity index (χ3v) is 13.0. The summed E-state index contributed by atoms with van der Waals surface area (Å²) in [5, 5.41) is 77.4. The molecule has 0 aromatic carbocycles. The maximum atomic E-state index is 12.6. The molecule has 57 heavy (non-hydrogen) atoms. The van der Waals surface area contributed by atoms with Crippen LogP contribution in [0.2, 0.25) is 0 Å². The Balaban J connectivity index is 1.44. The first-order chi connectivity index (χ1) is 26.8. The summed E-state index contributed by atoms with van der Waals surface area (Å²) in [5.41, 5.74) is 0. The summed E-state index contributed by atoms with van der Waals surface area (Å²) in [6, 6.07) is -1.75. The molecule has 3 saturated heterocycles. The zero-order valence-electron chi connectivity index (χ0n) is 33.7. The highest BCUT2D eigenvalue weighted by atomic mass is 16.7. The molecule has 4 fully saturated rings. The van der Waals surface area contributed by atoms with Crippen LogP contribution >= 0.6 is 0 Å². The van der Waals surface area contributed by atoms with Crippen LogP contribution in [0.1, 0.15) is 54.9 Å². The number of aliphatic hydroxyl groups is 5. The molecule has 19 nitrogen and oxygen atoms in total. The first kappa shape index (κ1) is 47.1. The molecule has 0 aromatic heterocycles. The minimum absolute atomic E-state index is 0.0909. The number of aliphatic hydroxyl groups excluding tert-OH is 5. The molecule has 3 heterocycles. The van der Waals surface area contributed by atoms with Gasteiger partial charge in [-0.1, -0.05) is 34.6 Å². The molecule has 2 amide bonds. The van der Waals surface area contributed by atoms with Gasteiger partial charge in [-0.05, 0) is 30.1 Å². The fraction of sp³-hybridized carbons (Fsp3) is 0.895. The van der Waals surface area contributed by atoms with Gasteiger partial charge >= 0.3 is 11.9 Å². The lowest BCUT2D eigenvalue weighted by Gasteiger charge is -2.47. The van der Waals surface area contributed by atoms with Crippen molar-refractivity contribution in [1.29, 1.82) is 0 Å². The fourth-order valence-electron chi connectivity index (χ4n) is 8.97. The number of carbonyl (C=O) groups is 4. The van der Waals surface area contributed by atoms with E-state index in [1.165, 1.54) is 13.8 Å². The normalized spacial score (nSPS) is 43.9. The van der Waals surface area contributed by atoms with Gasteiger partial charge in [0.05, 0.1) is 82.1 Å². The number of carboxylic acids is 2. The maximum Gasteiger partial charge on any atom is 0.333 e. The van der Waals surface area contributed by atoms with Crippen LogP contribution in [0.15, 0.2) is 0 Å². The number of aliphatic carboxylic acids is 2. The standard InChI is InChI=1S/C38H64N2O17/c1-15-18(4)38(54-13-25-31(40-21(7)44)37(51)56-28(10-42)33(25)46)57-34(36(49)50)24(15)11-52-14-29-30(39-20(6)43)23(19(5)27(9-41)55-29)12-53-26-8-22(35(47)48)32(45)17(3)16(26)2/h15-19,22-34,37-38,41-42,45-46,51H,8-14H2,1-7H3,(H,39,43)(H,40,44)(H,47,48)(H,49,50)/t15-,16?,17-,18?,19-,22?,23+,24-,25-,26-,27?,28?,29+,30?,31?,32-,33-,34?,37-,38-/m1/s1. The van der Waals surface area contributed by atoms with Crippen molar-refractivity contribution in [2.45, 2.75) is 122 Å². The van der Waals surface area contributed by atoms with E-state index in [1.54, 1.807) is 13.8 Å². The van der Waals surface area contributed by atoms with Gasteiger partial charge in [0.1, 0.15) is 12.2 Å². The Kier molecular flexibility index (Phi) is 17.0. The fourth-order valence-corrected chi connectivity index (χ4v) is 8.97. The molecule has 0 spiro atoms. The molecule has 0 bridgehead atoms. The van der Waals surface area contributed by atoms with Crippen LogP contribution in [0, 0.1) is 53.3 Å². The average molecular weight is 821 g/mol. The van der Waals surface area contributed by atoms with Gasteiger partial charge < -0.3 is 74.8 Å². The molecule has 0 aromatic rings. The molecule has 9 N–H and O–H groups in total. The molecule has 20 atom stereocenters. The first-order valence-corrected chi connectivity index (χ1v) is 19.9. The van der Waals surface area contributed by atoms with Crippen molar-refractivity contribution >= 4 is 23.8 Å². The van der Waals surface area contributed by atoms with Gasteiger partial charge in [0.2, 0.25) is 11.8 Å². The zero-order valence-corrected chi connectivity index (χ0v) is 33.7. The number of carboxylic acid groups (broad SMARTS) is 2. The summed E-state index contributed by atoms with van der Waals surface area (Å²) < 4.78 is 36.1. The van der Waals surface area contributed by atoms with E-state index in [0.717, 1.165) is 0 Å². The van der Waals surface area contributed by atoms with Gasteiger partial charge in [-0.15, -0.1) is 0 Å². The Morgan fingerprint density at radius 3 is 1.81 bits per heavy atom. The van der Waals surface area contributed by atoms with Crippen molar-refractivity contribution < 1.29 is 83.3 Å². The Morgan fingerprint density at radius 2 is 1.23 bits per heavy atom. The Labute approximate surface area is 332 Å². The zero-order chi connectivity index (χ0) is 42.5. The molecular formula is C38H64N2O17. The highest BCUT2D eigenvalue weighted by molar-refractivity contribution is 5.74. The second-order valence-corrected chi connectivity index (χ2v) is 16.6. The Morgan fingerprint density at radius 1 is 0.614 bits per heavy atom. The number of rotatable bonds is 16. The monoisotopic (exact) mass is 820 g/mol. The number of hydrogen-bond donors (Lipinski definition) is 9. The SMILES string of the molecule is CC(=O)NC1[C@H](COC[C@H]2C(C(=O)O)O[C@@H](OC[C@@H]3C(NC(C)=O)[C@H](O)OC(CO)[C@@H]3O)C(C)[C@H]2C)OC(CO)[C@H](C)[C@@H]1CO[C@@H]1CC(C(=O)O)[C@H](O)[C@H](C)C1C. The third-order valence-electron chi connectivity index (χ3n) is 13.0. The van der Waals surface area contributed by atoms with Gasteiger partial charge in [-0.2, -0.15) is 0 Å². The second kappa shape index (κ2) is 20.6. The number of ether oxygens (including phenoxy) is 6. The van der Waals surface area contributed by atoms with Crippen LogP contribution in [0.5, 0.6) is 0 Å². The summed E-state index contributed by atoms with van der Waals surface area (Å²) >= 11 is 0. The number of amides is 2. The highest BCUT2D eigenvalue weighted by Crippen LogP contribution is 2.40. The highest BCUT2D eigenvalue weighted by Gasteiger charge is 2.50. The summed E-state index contributed by atoms with van der Waals surface area (Å²) in [4.78, 5) is 48.8. The van der Waals surface area contributed by atoms with Gasteiger partial charge in [0.15, 0.2) is 18.7 Å². The lowest BCUT2D eigenvalue weighted by Crippen LogP contribution is -2.62. The summed E-state index contributed by atoms with van der Waals surface area (Å²) in [6.45, 7) is 10.5. The van der Waals surface area contributed by atoms with Crippen molar-refractivity contribution in [2.24, 2.45) is 53.3 Å². The third kappa shape index (κ3) is 11.0. The predicted octanol–water partition coefficient (Wildman–Crippen LogP) is -1.45. The quantitative estimate of drug-likeness (QED) is 0.0861. The van der Waals surface area contributed by atoms with Crippen molar-refractivity contribution in [3.63, 3.8) is 0 Å². The van der Waals surface area contributed by atoms with Crippen molar-refractivity contribution in [3.8, 4) is 0 Å². The van der Waals surface area contributed by atoms with Crippen molar-refractivity contribution in [3.05, 3.63) is 0 Å². The van der Waals surface area contributed by atoms with E-state index >= 15 is 0 Å². The molecular weight excluding hydrogens is 756 g/mol. The largest absolute Gasteiger partial charge is 0.481 e. The van der Waals surface area contributed by atoms with Crippen LogP contribution in [0.4, 0.5) is 0 Å². The number of hydrogen-bond acceptors (Lipinski definition) is 15. The van der Waals surface area contributed by atoms with E-state index < -0.39 is 121 Å². The first-order valence-electron chi connectivity index (χ1n) is 19.9. The van der Waals surface area contributed by atoms with Gasteiger partial charge in [-0.25, -0.2) is 4.79 Å². The van der Waals surface area contributed by atoms with E-state index in [1.807, 2.05) is 20.8 Å². The molecule has 19 heteroatoms. The smallest absolute Gasteiger partial charge is 0.333 e. The van der Waals surface area contributed by atoms with Crippen LogP contribution in [-0.4, -0.2) is 167 Å². The average Bonchev–Trinajstić information content (AvgIpc) is 3.14.